The zero-order valence-corrected chi connectivity index (χ0v) is 9.71. The minimum Gasteiger partial charge on any atom is -0.479 e. The van der Waals surface area contributed by atoms with Crippen molar-refractivity contribution in [2.75, 3.05) is 6.61 Å². The van der Waals surface area contributed by atoms with Crippen LogP contribution in [0.2, 0.25) is 5.02 Å². The van der Waals surface area contributed by atoms with E-state index >= 15 is 0 Å². The number of rotatable bonds is 4. The van der Waals surface area contributed by atoms with E-state index in [1.165, 1.54) is 13.0 Å². The van der Waals surface area contributed by atoms with Gasteiger partial charge in [0.15, 0.2) is 5.60 Å². The average molecular weight is 247 g/mol. The van der Waals surface area contributed by atoms with Crippen molar-refractivity contribution in [3.05, 3.63) is 34.6 Å². The highest BCUT2D eigenvalue weighted by Crippen LogP contribution is 2.32. The Hall–Kier alpha value is -1.13. The van der Waals surface area contributed by atoms with E-state index in [2.05, 4.69) is 0 Å². The average Bonchev–Trinajstić information content (AvgIpc) is 2.17. The summed E-state index contributed by atoms with van der Waals surface area (Å²) in [5, 5.41) is 9.17. The second-order valence-electron chi connectivity index (χ2n) is 3.40. The molecule has 0 amide bonds. The first-order chi connectivity index (χ1) is 7.41. The molecule has 0 bridgehead atoms. The Labute approximate surface area is 97.8 Å². The van der Waals surface area contributed by atoms with Crippen molar-refractivity contribution in [1.29, 1.82) is 0 Å². The molecule has 1 rings (SSSR count). The van der Waals surface area contributed by atoms with Crippen molar-refractivity contribution in [2.24, 2.45) is 0 Å². The zero-order valence-electron chi connectivity index (χ0n) is 8.96. The van der Waals surface area contributed by atoms with E-state index in [0.717, 1.165) is 12.1 Å². The molecule has 16 heavy (non-hydrogen) atoms. The topological polar surface area (TPSA) is 46.5 Å². The van der Waals surface area contributed by atoms with Gasteiger partial charge in [-0.15, -0.1) is 0 Å². The molecular formula is C11H12ClFO3. The van der Waals surface area contributed by atoms with Crippen molar-refractivity contribution in [2.45, 2.75) is 19.4 Å². The lowest BCUT2D eigenvalue weighted by atomic mass is 9.95. The molecule has 1 atom stereocenters. The molecule has 88 valence electrons. The van der Waals surface area contributed by atoms with Crippen molar-refractivity contribution in [1.82, 2.24) is 0 Å². The summed E-state index contributed by atoms with van der Waals surface area (Å²) >= 11 is 5.81. The number of hydrogen-bond donors (Lipinski definition) is 1. The molecule has 0 spiro atoms. The maximum Gasteiger partial charge on any atom is 0.340 e. The van der Waals surface area contributed by atoms with Gasteiger partial charge in [-0.1, -0.05) is 17.7 Å². The van der Waals surface area contributed by atoms with Gasteiger partial charge in [0, 0.05) is 12.2 Å². The molecule has 1 N–H and O–H groups in total. The first-order valence-electron chi connectivity index (χ1n) is 4.74. The third-order valence-electron chi connectivity index (χ3n) is 2.29. The summed E-state index contributed by atoms with van der Waals surface area (Å²) in [6.07, 6.45) is 0. The second-order valence-corrected chi connectivity index (χ2v) is 3.80. The Morgan fingerprint density at radius 1 is 1.62 bits per heavy atom. The number of halogens is 2. The number of benzene rings is 1. The van der Waals surface area contributed by atoms with E-state index in [4.69, 9.17) is 21.4 Å². The minimum atomic E-state index is -1.56. The summed E-state index contributed by atoms with van der Waals surface area (Å²) in [7, 11) is 0. The minimum absolute atomic E-state index is 0.0401. The van der Waals surface area contributed by atoms with Gasteiger partial charge in [0.05, 0.1) is 5.02 Å². The van der Waals surface area contributed by atoms with E-state index < -0.39 is 17.4 Å². The van der Waals surface area contributed by atoms with Crippen LogP contribution in [-0.4, -0.2) is 17.7 Å². The molecule has 0 saturated heterocycles. The van der Waals surface area contributed by atoms with Gasteiger partial charge < -0.3 is 9.84 Å². The van der Waals surface area contributed by atoms with Crippen molar-refractivity contribution >= 4 is 17.6 Å². The van der Waals surface area contributed by atoms with Crippen LogP contribution < -0.4 is 0 Å². The van der Waals surface area contributed by atoms with Gasteiger partial charge in [-0.3, -0.25) is 0 Å². The van der Waals surface area contributed by atoms with Gasteiger partial charge in [0.25, 0.3) is 0 Å². The maximum absolute atomic E-state index is 12.8. The molecule has 3 nitrogen and oxygen atoms in total. The second kappa shape index (κ2) is 4.80. The smallest absolute Gasteiger partial charge is 0.340 e. The molecule has 0 aliphatic heterocycles. The van der Waals surface area contributed by atoms with E-state index in [0.29, 0.717) is 0 Å². The number of carbonyl (C=O) groups is 1. The van der Waals surface area contributed by atoms with Crippen molar-refractivity contribution < 1.29 is 19.0 Å². The molecule has 0 saturated carbocycles. The van der Waals surface area contributed by atoms with Gasteiger partial charge in [0.1, 0.15) is 5.82 Å². The van der Waals surface area contributed by atoms with Gasteiger partial charge in [-0.2, -0.15) is 0 Å². The predicted molar refractivity (Wildman–Crippen MR) is 58.0 cm³/mol. The third kappa shape index (κ3) is 2.33. The fraction of sp³-hybridized carbons (Fsp3) is 0.364. The van der Waals surface area contributed by atoms with Crippen LogP contribution in [0.5, 0.6) is 0 Å². The van der Waals surface area contributed by atoms with Crippen LogP contribution in [0, 0.1) is 5.82 Å². The Balaban J connectivity index is 3.26. The first kappa shape index (κ1) is 12.9. The van der Waals surface area contributed by atoms with E-state index in [9.17, 15) is 9.18 Å². The fourth-order valence-corrected chi connectivity index (χ4v) is 1.77. The van der Waals surface area contributed by atoms with Crippen LogP contribution in [0.15, 0.2) is 18.2 Å². The summed E-state index contributed by atoms with van der Waals surface area (Å²) in [6, 6.07) is 3.54. The quantitative estimate of drug-likeness (QED) is 0.889. The predicted octanol–water partition coefficient (Wildman–Crippen LogP) is 2.82. The summed E-state index contributed by atoms with van der Waals surface area (Å²) < 4.78 is 18.0. The lowest BCUT2D eigenvalue weighted by Crippen LogP contribution is -2.35. The fourth-order valence-electron chi connectivity index (χ4n) is 1.42. The van der Waals surface area contributed by atoms with Crippen molar-refractivity contribution in [3.8, 4) is 0 Å². The molecular weight excluding hydrogens is 235 g/mol. The lowest BCUT2D eigenvalue weighted by Gasteiger charge is -2.26. The lowest BCUT2D eigenvalue weighted by molar-refractivity contribution is -0.164. The molecule has 1 aromatic carbocycles. The third-order valence-corrected chi connectivity index (χ3v) is 2.60. The van der Waals surface area contributed by atoms with E-state index in [1.54, 1.807) is 6.92 Å². The Kier molecular flexibility index (Phi) is 3.88. The molecule has 1 unspecified atom stereocenters. The molecule has 1 aromatic rings. The largest absolute Gasteiger partial charge is 0.479 e. The van der Waals surface area contributed by atoms with Gasteiger partial charge in [-0.25, -0.2) is 9.18 Å². The van der Waals surface area contributed by atoms with E-state index in [-0.39, 0.29) is 17.2 Å². The zero-order chi connectivity index (χ0) is 12.3. The van der Waals surface area contributed by atoms with Gasteiger partial charge in [0.2, 0.25) is 0 Å². The molecule has 0 aliphatic rings. The Bertz CT molecular complexity index is 408. The van der Waals surface area contributed by atoms with Gasteiger partial charge in [-0.05, 0) is 26.0 Å². The standard InChI is InChI=1S/C11H12ClFO3/c1-3-16-11(2,10(14)15)8-5-4-7(13)6-9(8)12/h4-6H,3H2,1-2H3,(H,14,15). The normalized spacial score (nSPS) is 14.5. The number of carboxylic acids is 1. The van der Waals surface area contributed by atoms with Crippen LogP contribution in [0.4, 0.5) is 4.39 Å². The summed E-state index contributed by atoms with van der Waals surface area (Å²) in [6.45, 7) is 3.28. The Morgan fingerprint density at radius 2 is 2.25 bits per heavy atom. The summed E-state index contributed by atoms with van der Waals surface area (Å²) in [5.74, 6) is -1.68. The highest BCUT2D eigenvalue weighted by atomic mass is 35.5. The van der Waals surface area contributed by atoms with Crippen LogP contribution in [0.1, 0.15) is 19.4 Å². The number of ether oxygens (including phenoxy) is 1. The van der Waals surface area contributed by atoms with E-state index in [1.807, 2.05) is 0 Å². The van der Waals surface area contributed by atoms with Crippen LogP contribution in [0.25, 0.3) is 0 Å². The van der Waals surface area contributed by atoms with Crippen molar-refractivity contribution in [3.63, 3.8) is 0 Å². The molecule has 0 aromatic heterocycles. The molecule has 5 heteroatoms. The number of carboxylic acid groups (broad SMARTS) is 1. The summed E-state index contributed by atoms with van der Waals surface area (Å²) in [4.78, 5) is 11.2. The monoisotopic (exact) mass is 246 g/mol. The Morgan fingerprint density at radius 3 is 2.69 bits per heavy atom. The highest BCUT2D eigenvalue weighted by molar-refractivity contribution is 6.31. The number of aliphatic carboxylic acids is 1. The maximum atomic E-state index is 12.8. The van der Waals surface area contributed by atoms with Crippen LogP contribution >= 0.6 is 11.6 Å². The highest BCUT2D eigenvalue weighted by Gasteiger charge is 2.37. The SMILES string of the molecule is CCOC(C)(C(=O)O)c1ccc(F)cc1Cl. The molecule has 0 heterocycles. The van der Waals surface area contributed by atoms with Crippen LogP contribution in [0.3, 0.4) is 0 Å². The molecule has 0 aliphatic carbocycles. The van der Waals surface area contributed by atoms with Gasteiger partial charge >= 0.3 is 5.97 Å². The summed E-state index contributed by atoms with van der Waals surface area (Å²) in [5.41, 5.74) is -1.32. The first-order valence-corrected chi connectivity index (χ1v) is 5.12. The number of hydrogen-bond acceptors (Lipinski definition) is 2. The van der Waals surface area contributed by atoms with Crippen LogP contribution in [-0.2, 0) is 15.1 Å². The molecule has 0 radical (unpaired) electrons. The molecule has 0 fully saturated rings.